The molecule has 0 saturated heterocycles. The molecule has 0 bridgehead atoms. The Kier molecular flexibility index (Phi) is 4.20. The van der Waals surface area contributed by atoms with E-state index in [4.69, 9.17) is 0 Å². The second-order valence-corrected chi connectivity index (χ2v) is 6.23. The van der Waals surface area contributed by atoms with Gasteiger partial charge in [0.2, 0.25) is 0 Å². The highest BCUT2D eigenvalue weighted by Gasteiger charge is 2.14. The van der Waals surface area contributed by atoms with Crippen LogP contribution in [0.1, 0.15) is 22.3 Å². The van der Waals surface area contributed by atoms with Crippen molar-refractivity contribution in [1.29, 1.82) is 0 Å². The Balaban J connectivity index is 2.19. The molecule has 0 N–H and O–H groups in total. The monoisotopic (exact) mass is 301 g/mol. The molecule has 0 saturated carbocycles. The van der Waals surface area contributed by atoms with Crippen molar-refractivity contribution in [1.82, 2.24) is 0 Å². The number of hydrogen-bond acceptors (Lipinski definition) is 1. The Morgan fingerprint density at radius 3 is 1.87 bits per heavy atom. The van der Waals surface area contributed by atoms with E-state index in [0.29, 0.717) is 0 Å². The Labute approximate surface area is 139 Å². The van der Waals surface area contributed by atoms with E-state index in [2.05, 4.69) is 99.3 Å². The van der Waals surface area contributed by atoms with Crippen LogP contribution in [0, 0.1) is 27.7 Å². The summed E-state index contributed by atoms with van der Waals surface area (Å²) in [6, 6.07) is 23.9. The maximum atomic E-state index is 2.33. The molecule has 0 spiro atoms. The first-order valence-corrected chi connectivity index (χ1v) is 8.06. The van der Waals surface area contributed by atoms with Gasteiger partial charge in [0.15, 0.2) is 0 Å². The zero-order chi connectivity index (χ0) is 16.4. The van der Waals surface area contributed by atoms with Crippen LogP contribution in [0.2, 0.25) is 0 Å². The first-order chi connectivity index (χ1) is 11.1. The summed E-state index contributed by atoms with van der Waals surface area (Å²) in [7, 11) is 0. The van der Waals surface area contributed by atoms with Gasteiger partial charge in [-0.05, 0) is 74.7 Å². The zero-order valence-electron chi connectivity index (χ0n) is 14.3. The number of anilines is 3. The van der Waals surface area contributed by atoms with E-state index in [0.717, 1.165) is 0 Å². The van der Waals surface area contributed by atoms with Crippen LogP contribution >= 0.6 is 0 Å². The number of rotatable bonds is 3. The number of para-hydroxylation sites is 1. The molecule has 1 heteroatoms. The lowest BCUT2D eigenvalue weighted by Gasteiger charge is -2.27. The minimum absolute atomic E-state index is 1.19. The molecule has 0 aliphatic carbocycles. The summed E-state index contributed by atoms with van der Waals surface area (Å²) in [6.45, 7) is 8.61. The van der Waals surface area contributed by atoms with Crippen LogP contribution in [0.25, 0.3) is 0 Å². The lowest BCUT2D eigenvalue weighted by molar-refractivity contribution is 1.22. The molecule has 3 rings (SSSR count). The number of aryl methyl sites for hydroxylation is 4. The largest absolute Gasteiger partial charge is 0.310 e. The van der Waals surface area contributed by atoms with Crippen LogP contribution in [0.15, 0.2) is 66.7 Å². The third-order valence-corrected chi connectivity index (χ3v) is 4.40. The summed E-state index contributed by atoms with van der Waals surface area (Å²) >= 11 is 0. The molecule has 0 unspecified atom stereocenters. The van der Waals surface area contributed by atoms with Crippen LogP contribution in [0.5, 0.6) is 0 Å². The summed E-state index contributed by atoms with van der Waals surface area (Å²) in [6.07, 6.45) is 0. The van der Waals surface area contributed by atoms with Crippen molar-refractivity contribution in [3.63, 3.8) is 0 Å². The van der Waals surface area contributed by atoms with E-state index < -0.39 is 0 Å². The maximum absolute atomic E-state index is 2.33. The smallest absolute Gasteiger partial charge is 0.0490 e. The predicted octanol–water partition coefficient (Wildman–Crippen LogP) is 6.39. The molecule has 0 aliphatic rings. The van der Waals surface area contributed by atoms with Gasteiger partial charge < -0.3 is 4.90 Å². The summed E-state index contributed by atoms with van der Waals surface area (Å²) in [4.78, 5) is 2.33. The van der Waals surface area contributed by atoms with Crippen molar-refractivity contribution in [2.45, 2.75) is 27.7 Å². The average molecular weight is 301 g/mol. The van der Waals surface area contributed by atoms with E-state index in [1.165, 1.54) is 39.3 Å². The van der Waals surface area contributed by atoms with E-state index in [9.17, 15) is 0 Å². The van der Waals surface area contributed by atoms with E-state index in [1.54, 1.807) is 0 Å². The summed E-state index contributed by atoms with van der Waals surface area (Å²) < 4.78 is 0. The van der Waals surface area contributed by atoms with Crippen LogP contribution < -0.4 is 4.90 Å². The van der Waals surface area contributed by atoms with Gasteiger partial charge >= 0.3 is 0 Å². The molecular weight excluding hydrogens is 278 g/mol. The molecule has 0 amide bonds. The first kappa shape index (κ1) is 15.4. The van der Waals surface area contributed by atoms with Crippen molar-refractivity contribution in [3.8, 4) is 0 Å². The predicted molar refractivity (Wildman–Crippen MR) is 100 cm³/mol. The van der Waals surface area contributed by atoms with E-state index >= 15 is 0 Å². The first-order valence-electron chi connectivity index (χ1n) is 8.06. The molecule has 0 heterocycles. The van der Waals surface area contributed by atoms with Crippen LogP contribution in [0.3, 0.4) is 0 Å². The van der Waals surface area contributed by atoms with Crippen molar-refractivity contribution in [2.75, 3.05) is 4.90 Å². The molecule has 0 aromatic heterocycles. The summed E-state index contributed by atoms with van der Waals surface area (Å²) in [5.74, 6) is 0. The van der Waals surface area contributed by atoms with Gasteiger partial charge in [0.05, 0.1) is 0 Å². The Hall–Kier alpha value is -2.54. The lowest BCUT2D eigenvalue weighted by Crippen LogP contribution is -2.11. The normalized spacial score (nSPS) is 10.6. The second-order valence-electron chi connectivity index (χ2n) is 6.23. The van der Waals surface area contributed by atoms with Crippen LogP contribution in [-0.2, 0) is 0 Å². The molecule has 0 fully saturated rings. The van der Waals surface area contributed by atoms with Gasteiger partial charge in [-0.3, -0.25) is 0 Å². The topological polar surface area (TPSA) is 3.24 Å². The summed E-state index contributed by atoms with van der Waals surface area (Å²) in [5, 5.41) is 0. The van der Waals surface area contributed by atoms with Gasteiger partial charge in [-0.1, -0.05) is 42.0 Å². The van der Waals surface area contributed by atoms with Gasteiger partial charge in [0.1, 0.15) is 0 Å². The second kappa shape index (κ2) is 6.29. The van der Waals surface area contributed by atoms with Gasteiger partial charge in [0, 0.05) is 17.1 Å². The van der Waals surface area contributed by atoms with Gasteiger partial charge in [0.25, 0.3) is 0 Å². The zero-order valence-corrected chi connectivity index (χ0v) is 14.3. The van der Waals surface area contributed by atoms with Gasteiger partial charge in [-0.2, -0.15) is 0 Å². The Morgan fingerprint density at radius 1 is 0.565 bits per heavy atom. The molecular formula is C22H23N. The SMILES string of the molecule is Cc1ccc(N(c2ccc(C)c(C)c2)c2ccccc2C)cc1. The van der Waals surface area contributed by atoms with E-state index in [1.807, 2.05) is 0 Å². The average Bonchev–Trinajstić information content (AvgIpc) is 2.54. The molecule has 116 valence electrons. The molecule has 3 aromatic carbocycles. The summed E-state index contributed by atoms with van der Waals surface area (Å²) in [5.41, 5.74) is 8.79. The van der Waals surface area contributed by atoms with Crippen molar-refractivity contribution >= 4 is 17.1 Å². The third kappa shape index (κ3) is 3.14. The Morgan fingerprint density at radius 2 is 1.22 bits per heavy atom. The standard InChI is InChI=1S/C22H23N/c1-16-9-12-20(13-10-16)23(22-8-6-5-7-18(22)3)21-14-11-17(2)19(4)15-21/h5-15H,1-4H3. The number of nitrogens with zero attached hydrogens (tertiary/aromatic N) is 1. The fourth-order valence-corrected chi connectivity index (χ4v) is 2.80. The molecule has 1 nitrogen and oxygen atoms in total. The molecule has 0 radical (unpaired) electrons. The Bertz CT molecular complexity index is 816. The minimum atomic E-state index is 1.19. The number of benzene rings is 3. The van der Waals surface area contributed by atoms with Crippen molar-refractivity contribution in [2.24, 2.45) is 0 Å². The molecule has 0 atom stereocenters. The highest BCUT2D eigenvalue weighted by molar-refractivity contribution is 5.78. The highest BCUT2D eigenvalue weighted by Crippen LogP contribution is 2.36. The minimum Gasteiger partial charge on any atom is -0.310 e. The van der Waals surface area contributed by atoms with Crippen molar-refractivity contribution in [3.05, 3.63) is 89.0 Å². The van der Waals surface area contributed by atoms with Gasteiger partial charge in [-0.15, -0.1) is 0 Å². The molecule has 0 aliphatic heterocycles. The molecule has 23 heavy (non-hydrogen) atoms. The van der Waals surface area contributed by atoms with Crippen molar-refractivity contribution < 1.29 is 0 Å². The fourth-order valence-electron chi connectivity index (χ4n) is 2.80. The number of hydrogen-bond donors (Lipinski definition) is 0. The van der Waals surface area contributed by atoms with Gasteiger partial charge in [-0.25, -0.2) is 0 Å². The van der Waals surface area contributed by atoms with E-state index in [-0.39, 0.29) is 0 Å². The lowest BCUT2D eigenvalue weighted by atomic mass is 10.1. The third-order valence-electron chi connectivity index (χ3n) is 4.40. The van der Waals surface area contributed by atoms with Crippen LogP contribution in [-0.4, -0.2) is 0 Å². The van der Waals surface area contributed by atoms with Crippen LogP contribution in [0.4, 0.5) is 17.1 Å². The highest BCUT2D eigenvalue weighted by atomic mass is 15.1. The fraction of sp³-hybridized carbons (Fsp3) is 0.182. The maximum Gasteiger partial charge on any atom is 0.0490 e. The quantitative estimate of drug-likeness (QED) is 0.541. The molecule has 3 aromatic rings.